The quantitative estimate of drug-likeness (QED) is 0.787. The van der Waals surface area contributed by atoms with Crippen molar-refractivity contribution >= 4 is 5.91 Å². The normalized spacial score (nSPS) is 32.8. The first-order chi connectivity index (χ1) is 7.98. The molecule has 1 heterocycles. The van der Waals surface area contributed by atoms with Crippen LogP contribution in [0.5, 0.6) is 0 Å². The molecule has 2 aliphatic rings. The van der Waals surface area contributed by atoms with Crippen LogP contribution >= 0.6 is 0 Å². The van der Waals surface area contributed by atoms with Gasteiger partial charge in [0.1, 0.15) is 0 Å². The summed E-state index contributed by atoms with van der Waals surface area (Å²) in [4.78, 5) is 14.1. The summed E-state index contributed by atoms with van der Waals surface area (Å²) in [5.74, 6) is 0.650. The van der Waals surface area contributed by atoms with Crippen molar-refractivity contribution in [3.05, 3.63) is 0 Å². The summed E-state index contributed by atoms with van der Waals surface area (Å²) in [5.41, 5.74) is 5.81. The first kappa shape index (κ1) is 12.8. The number of ether oxygens (including phenoxy) is 1. The molecule has 0 aromatic rings. The van der Waals surface area contributed by atoms with Crippen LogP contribution in [0.25, 0.3) is 0 Å². The predicted octanol–water partition coefficient (Wildman–Crippen LogP) is 1.14. The number of hydrogen-bond donors (Lipinski definition) is 1. The van der Waals surface area contributed by atoms with Gasteiger partial charge in [0, 0.05) is 25.6 Å². The third kappa shape index (κ3) is 3.19. The van der Waals surface area contributed by atoms with E-state index in [0.717, 1.165) is 19.4 Å². The van der Waals surface area contributed by atoms with Crippen LogP contribution in [0.4, 0.5) is 0 Å². The monoisotopic (exact) mass is 240 g/mol. The lowest BCUT2D eigenvalue weighted by Gasteiger charge is -2.38. The first-order valence-electron chi connectivity index (χ1n) is 6.65. The van der Waals surface area contributed by atoms with Crippen LogP contribution in [0.1, 0.15) is 39.5 Å². The Morgan fingerprint density at radius 3 is 2.82 bits per heavy atom. The van der Waals surface area contributed by atoms with Crippen molar-refractivity contribution in [1.29, 1.82) is 0 Å². The van der Waals surface area contributed by atoms with E-state index in [1.807, 2.05) is 18.7 Å². The van der Waals surface area contributed by atoms with Gasteiger partial charge in [-0.25, -0.2) is 0 Å². The summed E-state index contributed by atoms with van der Waals surface area (Å²) in [6, 6.07) is 0.230. The smallest absolute Gasteiger partial charge is 0.223 e. The zero-order chi connectivity index (χ0) is 12.5. The van der Waals surface area contributed by atoms with Crippen molar-refractivity contribution in [2.24, 2.45) is 11.7 Å². The van der Waals surface area contributed by atoms with E-state index in [2.05, 4.69) is 0 Å². The molecule has 4 heteroatoms. The van der Waals surface area contributed by atoms with Crippen molar-refractivity contribution in [2.45, 2.75) is 51.2 Å². The Morgan fingerprint density at radius 1 is 1.47 bits per heavy atom. The van der Waals surface area contributed by atoms with Crippen LogP contribution in [0.3, 0.4) is 0 Å². The van der Waals surface area contributed by atoms with Gasteiger partial charge in [0.2, 0.25) is 5.91 Å². The zero-order valence-electron chi connectivity index (χ0n) is 10.9. The number of nitrogens with two attached hydrogens (primary N) is 1. The highest BCUT2D eigenvalue weighted by Crippen LogP contribution is 2.28. The maximum absolute atomic E-state index is 12.2. The third-order valence-corrected chi connectivity index (χ3v) is 3.93. The maximum Gasteiger partial charge on any atom is 0.223 e. The van der Waals surface area contributed by atoms with E-state index in [1.54, 1.807) is 0 Å². The van der Waals surface area contributed by atoms with E-state index in [1.165, 1.54) is 6.42 Å². The highest BCUT2D eigenvalue weighted by atomic mass is 16.5. The molecule has 0 bridgehead atoms. The van der Waals surface area contributed by atoms with Crippen LogP contribution in [-0.4, -0.2) is 42.1 Å². The molecular weight excluding hydrogens is 216 g/mol. The Bertz CT molecular complexity index is 291. The van der Waals surface area contributed by atoms with Crippen molar-refractivity contribution < 1.29 is 9.53 Å². The molecule has 0 aromatic carbocycles. The number of morpholine rings is 1. The van der Waals surface area contributed by atoms with E-state index < -0.39 is 0 Å². The third-order valence-electron chi connectivity index (χ3n) is 3.93. The Morgan fingerprint density at radius 2 is 2.24 bits per heavy atom. The summed E-state index contributed by atoms with van der Waals surface area (Å²) >= 11 is 0. The van der Waals surface area contributed by atoms with Gasteiger partial charge in [-0.1, -0.05) is 6.42 Å². The number of nitrogens with zero attached hydrogens (tertiary/aromatic N) is 1. The highest BCUT2D eigenvalue weighted by molar-refractivity contribution is 5.76. The average molecular weight is 240 g/mol. The van der Waals surface area contributed by atoms with Gasteiger partial charge in [-0.2, -0.15) is 0 Å². The van der Waals surface area contributed by atoms with Crippen molar-refractivity contribution in [3.8, 4) is 0 Å². The number of carbonyl (C=O) groups excluding carboxylic acids is 1. The largest absolute Gasteiger partial charge is 0.372 e. The molecular formula is C13H24N2O2. The van der Waals surface area contributed by atoms with Gasteiger partial charge in [-0.15, -0.1) is 0 Å². The molecule has 0 radical (unpaired) electrons. The van der Waals surface area contributed by atoms with Crippen LogP contribution < -0.4 is 5.73 Å². The van der Waals surface area contributed by atoms with Gasteiger partial charge in [0.25, 0.3) is 0 Å². The Kier molecular flexibility index (Phi) is 3.73. The molecule has 1 aliphatic heterocycles. The fourth-order valence-corrected chi connectivity index (χ4v) is 2.90. The molecule has 1 aliphatic carbocycles. The molecule has 4 nitrogen and oxygen atoms in total. The molecule has 2 rings (SSSR count). The lowest BCUT2D eigenvalue weighted by Crippen LogP contribution is -2.51. The minimum atomic E-state index is -0.203. The molecule has 98 valence electrons. The lowest BCUT2D eigenvalue weighted by molar-refractivity contribution is -0.146. The number of amides is 1. The van der Waals surface area contributed by atoms with E-state index >= 15 is 0 Å². The molecule has 17 heavy (non-hydrogen) atoms. The maximum atomic E-state index is 12.2. The number of hydrogen-bond acceptors (Lipinski definition) is 3. The van der Waals surface area contributed by atoms with Crippen molar-refractivity contribution in [1.82, 2.24) is 4.90 Å². The summed E-state index contributed by atoms with van der Waals surface area (Å²) in [6.45, 7) is 6.15. The van der Waals surface area contributed by atoms with E-state index in [4.69, 9.17) is 10.5 Å². The second kappa shape index (κ2) is 4.94. The molecule has 2 N–H and O–H groups in total. The standard InChI is InChI=1S/C13H24N2O2/c1-13(2)9-15(6-7-17-13)12(16)8-10-4-3-5-11(10)14/h10-11H,3-9,14H2,1-2H3/t10-,11+/m0/s1. The van der Waals surface area contributed by atoms with Gasteiger partial charge in [0.05, 0.1) is 12.2 Å². The van der Waals surface area contributed by atoms with Crippen LogP contribution in [-0.2, 0) is 9.53 Å². The van der Waals surface area contributed by atoms with E-state index in [0.29, 0.717) is 25.5 Å². The molecule has 2 fully saturated rings. The summed E-state index contributed by atoms with van der Waals surface area (Å²) in [5, 5.41) is 0. The van der Waals surface area contributed by atoms with Crippen LogP contribution in [0, 0.1) is 5.92 Å². The first-order valence-corrected chi connectivity index (χ1v) is 6.65. The summed E-state index contributed by atoms with van der Waals surface area (Å²) < 4.78 is 5.62. The Labute approximate surface area is 103 Å². The molecule has 1 saturated heterocycles. The second-order valence-electron chi connectivity index (χ2n) is 5.98. The van der Waals surface area contributed by atoms with Crippen LogP contribution in [0.2, 0.25) is 0 Å². The van der Waals surface area contributed by atoms with E-state index in [9.17, 15) is 4.79 Å². The Balaban J connectivity index is 1.87. The van der Waals surface area contributed by atoms with Gasteiger partial charge < -0.3 is 15.4 Å². The average Bonchev–Trinajstić information content (AvgIpc) is 2.63. The molecule has 1 saturated carbocycles. The Hall–Kier alpha value is -0.610. The number of rotatable bonds is 2. The van der Waals surface area contributed by atoms with Crippen molar-refractivity contribution in [2.75, 3.05) is 19.7 Å². The fourth-order valence-electron chi connectivity index (χ4n) is 2.90. The van der Waals surface area contributed by atoms with Gasteiger partial charge in [-0.05, 0) is 32.6 Å². The fraction of sp³-hybridized carbons (Fsp3) is 0.923. The van der Waals surface area contributed by atoms with Gasteiger partial charge in [0.15, 0.2) is 0 Å². The van der Waals surface area contributed by atoms with Crippen molar-refractivity contribution in [3.63, 3.8) is 0 Å². The second-order valence-corrected chi connectivity index (χ2v) is 5.98. The molecule has 2 atom stereocenters. The van der Waals surface area contributed by atoms with Gasteiger partial charge in [-0.3, -0.25) is 4.79 Å². The SMILES string of the molecule is CC1(C)CN(C(=O)C[C@@H]2CCC[C@H]2N)CCO1. The van der Waals surface area contributed by atoms with Gasteiger partial charge >= 0.3 is 0 Å². The lowest BCUT2D eigenvalue weighted by atomic mass is 9.98. The minimum Gasteiger partial charge on any atom is -0.372 e. The minimum absolute atomic E-state index is 0.203. The summed E-state index contributed by atoms with van der Waals surface area (Å²) in [6.07, 6.45) is 3.98. The molecule has 0 unspecified atom stereocenters. The van der Waals surface area contributed by atoms with E-state index in [-0.39, 0.29) is 17.6 Å². The molecule has 1 amide bonds. The number of carbonyl (C=O) groups is 1. The van der Waals surface area contributed by atoms with Crippen LogP contribution in [0.15, 0.2) is 0 Å². The highest BCUT2D eigenvalue weighted by Gasteiger charge is 2.32. The zero-order valence-corrected chi connectivity index (χ0v) is 10.9. The molecule has 0 aromatic heterocycles. The topological polar surface area (TPSA) is 55.6 Å². The predicted molar refractivity (Wildman–Crippen MR) is 66.5 cm³/mol. The summed E-state index contributed by atoms with van der Waals surface area (Å²) in [7, 11) is 0. The molecule has 0 spiro atoms.